The molecule has 2 aromatic heterocycles. The lowest BCUT2D eigenvalue weighted by molar-refractivity contribution is -0.122. The van der Waals surface area contributed by atoms with Crippen molar-refractivity contribution in [3.05, 3.63) is 42.2 Å². The van der Waals surface area contributed by atoms with Crippen LogP contribution >= 0.6 is 12.4 Å². The molecular weight excluding hydrogens is 326 g/mol. The van der Waals surface area contributed by atoms with E-state index in [1.165, 1.54) is 0 Å². The lowest BCUT2D eigenvalue weighted by atomic mass is 9.97. The molecule has 0 aromatic carbocycles. The van der Waals surface area contributed by atoms with Crippen LogP contribution < -0.4 is 10.6 Å². The third-order valence-electron chi connectivity index (χ3n) is 4.08. The van der Waals surface area contributed by atoms with E-state index in [0.29, 0.717) is 23.5 Å². The molecule has 1 aliphatic heterocycles. The average Bonchev–Trinajstić information content (AvgIpc) is 2.62. The summed E-state index contributed by atoms with van der Waals surface area (Å²) in [5.41, 5.74) is 8.35. The van der Waals surface area contributed by atoms with Crippen LogP contribution in [-0.2, 0) is 4.79 Å². The average molecular weight is 344 g/mol. The third-order valence-corrected chi connectivity index (χ3v) is 4.08. The Morgan fingerprint density at radius 1 is 1.25 bits per heavy atom. The van der Waals surface area contributed by atoms with Crippen molar-refractivity contribution in [2.75, 3.05) is 18.0 Å². The van der Waals surface area contributed by atoms with Gasteiger partial charge in [0.05, 0.1) is 28.9 Å². The summed E-state index contributed by atoms with van der Waals surface area (Å²) in [7, 11) is 0. The molecule has 0 aliphatic carbocycles. The molecule has 1 aliphatic rings. The van der Waals surface area contributed by atoms with Crippen LogP contribution in [0.2, 0.25) is 0 Å². The summed E-state index contributed by atoms with van der Waals surface area (Å²) < 4.78 is 0. The van der Waals surface area contributed by atoms with E-state index in [1.807, 2.05) is 12.1 Å². The minimum Gasteiger partial charge on any atom is -0.371 e. The molecule has 7 heteroatoms. The SMILES string of the molecule is Cl.N#Cc1ccnc(-c2cc(N3CCCC(C(N)=O)C3)ccn2)c1. The van der Waals surface area contributed by atoms with E-state index in [-0.39, 0.29) is 24.2 Å². The van der Waals surface area contributed by atoms with E-state index in [4.69, 9.17) is 11.0 Å². The zero-order valence-electron chi connectivity index (χ0n) is 13.1. The Hall–Kier alpha value is -2.65. The second-order valence-electron chi connectivity index (χ2n) is 5.63. The molecule has 1 amide bonds. The number of carbonyl (C=O) groups is 1. The predicted molar refractivity (Wildman–Crippen MR) is 93.6 cm³/mol. The lowest BCUT2D eigenvalue weighted by Crippen LogP contribution is -2.41. The zero-order valence-corrected chi connectivity index (χ0v) is 13.9. The van der Waals surface area contributed by atoms with Gasteiger partial charge in [-0.2, -0.15) is 5.26 Å². The van der Waals surface area contributed by atoms with Crippen molar-refractivity contribution in [1.29, 1.82) is 5.26 Å². The van der Waals surface area contributed by atoms with Crippen LogP contribution in [0.15, 0.2) is 36.7 Å². The number of amides is 1. The molecule has 2 N–H and O–H groups in total. The monoisotopic (exact) mass is 343 g/mol. The maximum absolute atomic E-state index is 11.4. The van der Waals surface area contributed by atoms with Crippen LogP contribution in [0.4, 0.5) is 5.69 Å². The van der Waals surface area contributed by atoms with Crippen LogP contribution in [0.25, 0.3) is 11.4 Å². The van der Waals surface area contributed by atoms with E-state index in [2.05, 4.69) is 20.9 Å². The number of hydrogen-bond acceptors (Lipinski definition) is 5. The number of rotatable bonds is 3. The van der Waals surface area contributed by atoms with Gasteiger partial charge in [0.25, 0.3) is 0 Å². The molecule has 0 saturated carbocycles. The number of primary amides is 1. The summed E-state index contributed by atoms with van der Waals surface area (Å²) in [4.78, 5) is 22.2. The van der Waals surface area contributed by atoms with E-state index in [1.54, 1.807) is 24.5 Å². The first kappa shape index (κ1) is 17.7. The highest BCUT2D eigenvalue weighted by molar-refractivity contribution is 5.85. The number of hydrogen-bond donors (Lipinski definition) is 1. The van der Waals surface area contributed by atoms with Crippen molar-refractivity contribution in [3.63, 3.8) is 0 Å². The summed E-state index contributed by atoms with van der Waals surface area (Å²) >= 11 is 0. The number of aromatic nitrogens is 2. The van der Waals surface area contributed by atoms with Crippen LogP contribution in [0.1, 0.15) is 18.4 Å². The summed E-state index contributed by atoms with van der Waals surface area (Å²) in [5, 5.41) is 9.00. The van der Waals surface area contributed by atoms with Gasteiger partial charge < -0.3 is 10.6 Å². The molecule has 0 radical (unpaired) electrons. The van der Waals surface area contributed by atoms with E-state index < -0.39 is 0 Å². The second kappa shape index (κ2) is 7.75. The Morgan fingerprint density at radius 2 is 1.96 bits per heavy atom. The molecule has 1 unspecified atom stereocenters. The normalized spacial score (nSPS) is 16.8. The first-order valence-corrected chi connectivity index (χ1v) is 7.54. The van der Waals surface area contributed by atoms with Gasteiger partial charge >= 0.3 is 0 Å². The standard InChI is InChI=1S/C17H17N5O.ClH/c18-10-12-3-5-20-15(8-12)16-9-14(4-6-21-16)22-7-1-2-13(11-22)17(19)23;/h3-6,8-9,13H,1-2,7,11H2,(H2,19,23);1H. The Bertz CT molecular complexity index is 774. The van der Waals surface area contributed by atoms with Crippen LogP contribution in [0.5, 0.6) is 0 Å². The van der Waals surface area contributed by atoms with Gasteiger partial charge in [-0.3, -0.25) is 14.8 Å². The minimum atomic E-state index is -0.243. The number of carbonyl (C=O) groups excluding carboxylic acids is 1. The molecule has 3 rings (SSSR count). The first-order chi connectivity index (χ1) is 11.2. The van der Waals surface area contributed by atoms with Gasteiger partial charge in [-0.1, -0.05) is 0 Å². The summed E-state index contributed by atoms with van der Waals surface area (Å²) in [5.74, 6) is -0.354. The van der Waals surface area contributed by atoms with Crippen LogP contribution in [0, 0.1) is 17.2 Å². The number of nitrogens with two attached hydrogens (primary N) is 1. The highest BCUT2D eigenvalue weighted by Crippen LogP contribution is 2.26. The van der Waals surface area contributed by atoms with Gasteiger partial charge in [0, 0.05) is 31.2 Å². The van der Waals surface area contributed by atoms with Crippen LogP contribution in [0.3, 0.4) is 0 Å². The number of nitriles is 1. The van der Waals surface area contributed by atoms with Crippen molar-refractivity contribution >= 4 is 24.0 Å². The molecule has 2 aromatic rings. The Labute approximate surface area is 146 Å². The summed E-state index contributed by atoms with van der Waals surface area (Å²) in [6.45, 7) is 1.52. The Morgan fingerprint density at radius 3 is 2.67 bits per heavy atom. The third kappa shape index (κ3) is 3.81. The topological polar surface area (TPSA) is 95.9 Å². The molecule has 124 valence electrons. The minimum absolute atomic E-state index is 0. The predicted octanol–water partition coefficient (Wildman–Crippen LogP) is 2.14. The molecule has 1 fully saturated rings. The molecule has 3 heterocycles. The van der Waals surface area contributed by atoms with Gasteiger partial charge in [0.1, 0.15) is 0 Å². The Kier molecular flexibility index (Phi) is 5.72. The number of anilines is 1. The molecule has 1 atom stereocenters. The van der Waals surface area contributed by atoms with Crippen molar-refractivity contribution < 1.29 is 4.79 Å². The van der Waals surface area contributed by atoms with Crippen LogP contribution in [-0.4, -0.2) is 29.0 Å². The molecule has 0 spiro atoms. The molecule has 6 nitrogen and oxygen atoms in total. The maximum atomic E-state index is 11.4. The van der Waals surface area contributed by atoms with Gasteiger partial charge in [0.15, 0.2) is 0 Å². The number of piperidine rings is 1. The largest absolute Gasteiger partial charge is 0.371 e. The Balaban J connectivity index is 0.00000208. The number of halogens is 1. The van der Waals surface area contributed by atoms with E-state index >= 15 is 0 Å². The van der Waals surface area contributed by atoms with E-state index in [9.17, 15) is 4.79 Å². The second-order valence-corrected chi connectivity index (χ2v) is 5.63. The quantitative estimate of drug-likeness (QED) is 0.921. The molecule has 1 saturated heterocycles. The zero-order chi connectivity index (χ0) is 16.2. The maximum Gasteiger partial charge on any atom is 0.222 e. The van der Waals surface area contributed by atoms with Gasteiger partial charge in [0.2, 0.25) is 5.91 Å². The first-order valence-electron chi connectivity index (χ1n) is 7.54. The van der Waals surface area contributed by atoms with Crippen molar-refractivity contribution in [2.45, 2.75) is 12.8 Å². The fraction of sp³-hybridized carbons (Fsp3) is 0.294. The fourth-order valence-corrected chi connectivity index (χ4v) is 2.84. The van der Waals surface area contributed by atoms with Crippen molar-refractivity contribution in [3.8, 4) is 17.5 Å². The number of nitrogens with zero attached hydrogens (tertiary/aromatic N) is 4. The lowest BCUT2D eigenvalue weighted by Gasteiger charge is -2.33. The highest BCUT2D eigenvalue weighted by Gasteiger charge is 2.24. The summed E-state index contributed by atoms with van der Waals surface area (Å²) in [6, 6.07) is 9.34. The smallest absolute Gasteiger partial charge is 0.222 e. The molecular formula is C17H18ClN5O. The van der Waals surface area contributed by atoms with Gasteiger partial charge in [-0.25, -0.2) is 0 Å². The van der Waals surface area contributed by atoms with Crippen molar-refractivity contribution in [1.82, 2.24) is 9.97 Å². The summed E-state index contributed by atoms with van der Waals surface area (Å²) in [6.07, 6.45) is 5.11. The van der Waals surface area contributed by atoms with Gasteiger partial charge in [-0.15, -0.1) is 12.4 Å². The highest BCUT2D eigenvalue weighted by atomic mass is 35.5. The van der Waals surface area contributed by atoms with Crippen molar-refractivity contribution in [2.24, 2.45) is 11.7 Å². The molecule has 24 heavy (non-hydrogen) atoms. The molecule has 0 bridgehead atoms. The fourth-order valence-electron chi connectivity index (χ4n) is 2.84. The number of pyridine rings is 2. The van der Waals surface area contributed by atoms with E-state index in [0.717, 1.165) is 25.1 Å². The van der Waals surface area contributed by atoms with Gasteiger partial charge in [-0.05, 0) is 37.1 Å².